The maximum absolute atomic E-state index is 11.8. The molecule has 114 valence electrons. The van der Waals surface area contributed by atoms with E-state index in [0.29, 0.717) is 12.3 Å². The number of hydrogen-bond acceptors (Lipinski definition) is 4. The molecule has 0 radical (unpaired) electrons. The zero-order valence-corrected chi connectivity index (χ0v) is 12.4. The molecule has 0 spiro atoms. The van der Waals surface area contributed by atoms with Gasteiger partial charge < -0.3 is 19.5 Å². The molecule has 0 unspecified atom stereocenters. The molecule has 1 fully saturated rings. The first-order chi connectivity index (χ1) is 10.2. The van der Waals surface area contributed by atoms with Gasteiger partial charge in [0, 0.05) is 24.8 Å². The van der Waals surface area contributed by atoms with Crippen LogP contribution in [0.3, 0.4) is 0 Å². The average molecular weight is 291 g/mol. The molecule has 0 aromatic heterocycles. The van der Waals surface area contributed by atoms with Crippen molar-refractivity contribution in [1.29, 1.82) is 0 Å². The number of amides is 1. The fourth-order valence-electron chi connectivity index (χ4n) is 2.21. The van der Waals surface area contributed by atoms with Crippen LogP contribution in [-0.2, 0) is 9.53 Å². The van der Waals surface area contributed by atoms with Crippen molar-refractivity contribution in [2.75, 3.05) is 27.4 Å². The lowest BCUT2D eigenvalue weighted by Gasteiger charge is -2.09. The number of benzene rings is 1. The summed E-state index contributed by atoms with van der Waals surface area (Å²) in [6.07, 6.45) is 5.43. The number of hydrogen-bond donors (Lipinski definition) is 1. The molecule has 0 saturated carbocycles. The average Bonchev–Trinajstić information content (AvgIpc) is 3.04. The van der Waals surface area contributed by atoms with E-state index in [1.807, 2.05) is 18.2 Å². The second-order valence-electron chi connectivity index (χ2n) is 4.82. The molecule has 1 N–H and O–H groups in total. The molecule has 1 atom stereocenters. The van der Waals surface area contributed by atoms with Gasteiger partial charge in [0.2, 0.25) is 5.91 Å². The van der Waals surface area contributed by atoms with E-state index >= 15 is 0 Å². The minimum absolute atomic E-state index is 0.143. The Labute approximate surface area is 124 Å². The molecule has 1 aromatic rings. The fraction of sp³-hybridized carbons (Fsp3) is 0.438. The Morgan fingerprint density at radius 3 is 2.95 bits per heavy atom. The Balaban J connectivity index is 1.94. The molecule has 0 aliphatic carbocycles. The van der Waals surface area contributed by atoms with Crippen molar-refractivity contribution >= 4 is 12.0 Å². The topological polar surface area (TPSA) is 56.8 Å². The van der Waals surface area contributed by atoms with Gasteiger partial charge >= 0.3 is 0 Å². The Hall–Kier alpha value is -2.01. The van der Waals surface area contributed by atoms with Crippen molar-refractivity contribution in [3.8, 4) is 11.5 Å². The van der Waals surface area contributed by atoms with Crippen molar-refractivity contribution in [2.24, 2.45) is 0 Å². The first-order valence-electron chi connectivity index (χ1n) is 7.02. The summed E-state index contributed by atoms with van der Waals surface area (Å²) < 4.78 is 15.9. The van der Waals surface area contributed by atoms with E-state index < -0.39 is 0 Å². The van der Waals surface area contributed by atoms with Crippen LogP contribution in [0.2, 0.25) is 0 Å². The second-order valence-corrected chi connectivity index (χ2v) is 4.82. The highest BCUT2D eigenvalue weighted by Crippen LogP contribution is 2.24. The maximum Gasteiger partial charge on any atom is 0.244 e. The van der Waals surface area contributed by atoms with Crippen molar-refractivity contribution in [2.45, 2.75) is 18.9 Å². The van der Waals surface area contributed by atoms with Crippen LogP contribution < -0.4 is 14.8 Å². The Morgan fingerprint density at radius 1 is 1.43 bits per heavy atom. The lowest BCUT2D eigenvalue weighted by molar-refractivity contribution is -0.116. The molecule has 1 amide bonds. The van der Waals surface area contributed by atoms with Gasteiger partial charge in [0.15, 0.2) is 0 Å². The van der Waals surface area contributed by atoms with Crippen LogP contribution in [0.1, 0.15) is 18.4 Å². The van der Waals surface area contributed by atoms with E-state index in [2.05, 4.69) is 5.32 Å². The van der Waals surface area contributed by atoms with Gasteiger partial charge in [-0.05, 0) is 37.1 Å². The summed E-state index contributed by atoms with van der Waals surface area (Å²) in [7, 11) is 3.19. The molecule has 1 aliphatic heterocycles. The van der Waals surface area contributed by atoms with E-state index in [9.17, 15) is 4.79 Å². The molecular weight excluding hydrogens is 270 g/mol. The monoisotopic (exact) mass is 291 g/mol. The largest absolute Gasteiger partial charge is 0.497 e. The Morgan fingerprint density at radius 2 is 2.29 bits per heavy atom. The number of methoxy groups -OCH3 is 2. The van der Waals surface area contributed by atoms with E-state index in [4.69, 9.17) is 14.2 Å². The van der Waals surface area contributed by atoms with Crippen LogP contribution in [-0.4, -0.2) is 39.4 Å². The van der Waals surface area contributed by atoms with Gasteiger partial charge in [0.25, 0.3) is 0 Å². The third-order valence-electron chi connectivity index (χ3n) is 3.38. The zero-order chi connectivity index (χ0) is 15.1. The quantitative estimate of drug-likeness (QED) is 0.815. The number of carbonyl (C=O) groups excluding carboxylic acids is 1. The second kappa shape index (κ2) is 7.69. The molecular formula is C16H21NO4. The van der Waals surface area contributed by atoms with E-state index in [-0.39, 0.29) is 12.0 Å². The van der Waals surface area contributed by atoms with Crippen molar-refractivity contribution in [3.05, 3.63) is 29.8 Å². The first kappa shape index (κ1) is 15.4. The Kier molecular flexibility index (Phi) is 5.63. The third-order valence-corrected chi connectivity index (χ3v) is 3.38. The highest BCUT2D eigenvalue weighted by Gasteiger charge is 2.15. The smallest absolute Gasteiger partial charge is 0.244 e. The SMILES string of the molecule is COc1ccc(OC)c(/C=C\C(=O)NC[C@@H]2CCCO2)c1. The third kappa shape index (κ3) is 4.49. The highest BCUT2D eigenvalue weighted by molar-refractivity contribution is 5.92. The van der Waals surface area contributed by atoms with Gasteiger partial charge in [-0.1, -0.05) is 0 Å². The van der Waals surface area contributed by atoms with E-state index in [1.54, 1.807) is 20.3 Å². The summed E-state index contributed by atoms with van der Waals surface area (Å²) in [6, 6.07) is 5.44. The number of rotatable bonds is 6. The molecule has 0 bridgehead atoms. The molecule has 21 heavy (non-hydrogen) atoms. The van der Waals surface area contributed by atoms with Crippen LogP contribution in [0.15, 0.2) is 24.3 Å². The van der Waals surface area contributed by atoms with E-state index in [1.165, 1.54) is 6.08 Å². The van der Waals surface area contributed by atoms with Crippen molar-refractivity contribution < 1.29 is 19.0 Å². The summed E-state index contributed by atoms with van der Waals surface area (Å²) in [5.74, 6) is 1.27. The lowest BCUT2D eigenvalue weighted by atomic mass is 10.1. The number of nitrogens with one attached hydrogen (secondary N) is 1. The van der Waals surface area contributed by atoms with Gasteiger partial charge in [-0.25, -0.2) is 0 Å². The summed E-state index contributed by atoms with van der Waals surface area (Å²) >= 11 is 0. The minimum atomic E-state index is -0.143. The number of ether oxygens (including phenoxy) is 3. The summed E-state index contributed by atoms with van der Waals surface area (Å²) in [6.45, 7) is 1.34. The minimum Gasteiger partial charge on any atom is -0.497 e. The molecule has 5 nitrogen and oxygen atoms in total. The first-order valence-corrected chi connectivity index (χ1v) is 7.02. The predicted octanol–water partition coefficient (Wildman–Crippen LogP) is 2.01. The molecule has 1 aliphatic rings. The van der Waals surface area contributed by atoms with Crippen LogP contribution in [0.4, 0.5) is 0 Å². The van der Waals surface area contributed by atoms with Crippen LogP contribution in [0.5, 0.6) is 11.5 Å². The fourth-order valence-corrected chi connectivity index (χ4v) is 2.21. The van der Waals surface area contributed by atoms with Gasteiger partial charge in [-0.2, -0.15) is 0 Å². The van der Waals surface area contributed by atoms with Crippen LogP contribution >= 0.6 is 0 Å². The lowest BCUT2D eigenvalue weighted by Crippen LogP contribution is -2.30. The standard InChI is InChI=1S/C16H21NO4/c1-19-13-6-7-15(20-2)12(10-13)5-8-16(18)17-11-14-4-3-9-21-14/h5-8,10,14H,3-4,9,11H2,1-2H3,(H,17,18)/b8-5-/t14-/m0/s1. The Bertz CT molecular complexity index is 507. The van der Waals surface area contributed by atoms with Gasteiger partial charge in [-0.15, -0.1) is 0 Å². The molecule has 5 heteroatoms. The summed E-state index contributed by atoms with van der Waals surface area (Å²) in [5, 5.41) is 2.84. The van der Waals surface area contributed by atoms with Gasteiger partial charge in [0.05, 0.1) is 20.3 Å². The maximum atomic E-state index is 11.8. The van der Waals surface area contributed by atoms with Crippen LogP contribution in [0.25, 0.3) is 6.08 Å². The molecule has 1 heterocycles. The van der Waals surface area contributed by atoms with Gasteiger partial charge in [0.1, 0.15) is 11.5 Å². The number of carbonyl (C=O) groups is 1. The predicted molar refractivity (Wildman–Crippen MR) is 80.6 cm³/mol. The normalized spacial score (nSPS) is 17.9. The van der Waals surface area contributed by atoms with Crippen molar-refractivity contribution in [1.82, 2.24) is 5.32 Å². The molecule has 1 saturated heterocycles. The summed E-state index contributed by atoms with van der Waals surface area (Å²) in [4.78, 5) is 11.8. The van der Waals surface area contributed by atoms with E-state index in [0.717, 1.165) is 30.8 Å². The van der Waals surface area contributed by atoms with Gasteiger partial charge in [-0.3, -0.25) is 4.79 Å². The highest BCUT2D eigenvalue weighted by atomic mass is 16.5. The molecule has 1 aromatic carbocycles. The summed E-state index contributed by atoms with van der Waals surface area (Å²) in [5.41, 5.74) is 0.795. The molecule has 2 rings (SSSR count). The van der Waals surface area contributed by atoms with Crippen molar-refractivity contribution in [3.63, 3.8) is 0 Å². The zero-order valence-electron chi connectivity index (χ0n) is 12.4. The van der Waals surface area contributed by atoms with Crippen LogP contribution in [0, 0.1) is 0 Å².